The maximum Gasteiger partial charge on any atom is 0.0837 e. The minimum atomic E-state index is -0.648. The number of aliphatic hydroxyl groups excluding tert-OH is 2. The van der Waals surface area contributed by atoms with E-state index in [0.717, 1.165) is 36.3 Å². The van der Waals surface area contributed by atoms with Crippen LogP contribution in [-0.4, -0.2) is 33.1 Å². The first-order valence-corrected chi connectivity index (χ1v) is 12.6. The quantitative estimate of drug-likeness (QED) is 0.488. The van der Waals surface area contributed by atoms with Crippen molar-refractivity contribution in [3.63, 3.8) is 0 Å². The van der Waals surface area contributed by atoms with Crippen LogP contribution in [0.3, 0.4) is 0 Å². The van der Waals surface area contributed by atoms with Crippen molar-refractivity contribution in [2.24, 2.45) is 29.1 Å². The lowest BCUT2D eigenvalue weighted by atomic mass is 9.60. The molecule has 3 rings (SSSR count). The molecule has 176 valence electrons. The third-order valence-corrected chi connectivity index (χ3v) is 8.97. The van der Waals surface area contributed by atoms with E-state index in [1.165, 1.54) is 32.1 Å². The van der Waals surface area contributed by atoms with Gasteiger partial charge in [-0.15, -0.1) is 0 Å². The topological polar surface area (TPSA) is 60.7 Å². The second-order valence-corrected chi connectivity index (χ2v) is 11.8. The average molecular weight is 431 g/mol. The van der Waals surface area contributed by atoms with E-state index in [1.54, 1.807) is 5.57 Å². The monoisotopic (exact) mass is 430 g/mol. The van der Waals surface area contributed by atoms with E-state index >= 15 is 0 Å². The number of fused-ring (bicyclic) bond motifs is 1. The summed E-state index contributed by atoms with van der Waals surface area (Å²) < 4.78 is 0. The highest BCUT2D eigenvalue weighted by Crippen LogP contribution is 2.60. The molecule has 1 unspecified atom stereocenters. The zero-order valence-electron chi connectivity index (χ0n) is 20.5. The van der Waals surface area contributed by atoms with E-state index in [9.17, 15) is 15.3 Å². The van der Waals surface area contributed by atoms with Gasteiger partial charge in [0.25, 0.3) is 0 Å². The predicted octanol–water partition coefficient (Wildman–Crippen LogP) is 5.95. The van der Waals surface area contributed by atoms with Crippen molar-refractivity contribution in [1.82, 2.24) is 0 Å². The highest BCUT2D eigenvalue weighted by Gasteiger charge is 2.50. The summed E-state index contributed by atoms with van der Waals surface area (Å²) in [6.07, 6.45) is 13.4. The molecule has 0 radical (unpaired) electrons. The molecule has 0 amide bonds. The van der Waals surface area contributed by atoms with Crippen LogP contribution >= 0.6 is 0 Å². The van der Waals surface area contributed by atoms with E-state index in [2.05, 4.69) is 32.6 Å². The van der Waals surface area contributed by atoms with Crippen molar-refractivity contribution in [1.29, 1.82) is 0 Å². The third kappa shape index (κ3) is 5.37. The molecule has 31 heavy (non-hydrogen) atoms. The lowest BCUT2D eigenvalue weighted by molar-refractivity contribution is 0.0283. The van der Waals surface area contributed by atoms with Gasteiger partial charge in [-0.2, -0.15) is 0 Å². The molecular weight excluding hydrogens is 384 g/mol. The first-order chi connectivity index (χ1) is 14.4. The van der Waals surface area contributed by atoms with E-state index in [0.29, 0.717) is 23.7 Å². The summed E-state index contributed by atoms with van der Waals surface area (Å²) >= 11 is 0. The Kier molecular flexibility index (Phi) is 7.61. The Balaban J connectivity index is 1.71. The van der Waals surface area contributed by atoms with Gasteiger partial charge in [0.2, 0.25) is 0 Å². The fraction of sp³-hybridized carbons (Fsp3) is 0.786. The Morgan fingerprint density at radius 3 is 2.61 bits per heavy atom. The van der Waals surface area contributed by atoms with E-state index < -0.39 is 17.8 Å². The summed E-state index contributed by atoms with van der Waals surface area (Å²) in [5.41, 5.74) is 3.15. The Hall–Kier alpha value is -0.900. The van der Waals surface area contributed by atoms with E-state index in [4.69, 9.17) is 0 Å². The van der Waals surface area contributed by atoms with Crippen LogP contribution in [0, 0.1) is 29.1 Å². The van der Waals surface area contributed by atoms with Crippen LogP contribution < -0.4 is 0 Å². The van der Waals surface area contributed by atoms with Crippen LogP contribution in [0.2, 0.25) is 0 Å². The zero-order valence-corrected chi connectivity index (χ0v) is 20.5. The van der Waals surface area contributed by atoms with Gasteiger partial charge in [0.05, 0.1) is 17.8 Å². The van der Waals surface area contributed by atoms with Crippen molar-refractivity contribution in [2.45, 2.75) is 110 Å². The maximum absolute atomic E-state index is 10.4. The Morgan fingerprint density at radius 2 is 1.94 bits per heavy atom. The molecule has 3 fully saturated rings. The molecule has 3 aliphatic carbocycles. The minimum Gasteiger partial charge on any atom is -0.392 e. The number of hydrogen-bond donors (Lipinski definition) is 3. The third-order valence-electron chi connectivity index (χ3n) is 8.97. The minimum absolute atomic E-state index is 0.149. The maximum atomic E-state index is 10.4. The molecule has 3 heteroatoms. The van der Waals surface area contributed by atoms with Crippen LogP contribution in [0.15, 0.2) is 35.5 Å². The molecule has 0 heterocycles. The molecule has 0 spiro atoms. The molecular formula is C28H46O3. The molecule has 0 saturated heterocycles. The van der Waals surface area contributed by atoms with Gasteiger partial charge in [-0.1, -0.05) is 57.9 Å². The molecule has 3 N–H and O–H groups in total. The van der Waals surface area contributed by atoms with E-state index in [-0.39, 0.29) is 5.92 Å². The van der Waals surface area contributed by atoms with Gasteiger partial charge in [-0.3, -0.25) is 0 Å². The fourth-order valence-electron chi connectivity index (χ4n) is 6.91. The molecule has 3 saturated carbocycles. The first kappa shape index (κ1) is 24.7. The molecule has 3 aliphatic rings. The summed E-state index contributed by atoms with van der Waals surface area (Å²) in [5.74, 6) is 1.94. The number of hydrogen-bond acceptors (Lipinski definition) is 3. The van der Waals surface area contributed by atoms with Crippen LogP contribution in [0.5, 0.6) is 0 Å². The summed E-state index contributed by atoms with van der Waals surface area (Å²) in [7, 11) is 0. The average Bonchev–Trinajstić information content (AvgIpc) is 3.04. The molecule has 7 atom stereocenters. The number of aliphatic hydroxyl groups is 3. The fourth-order valence-corrected chi connectivity index (χ4v) is 6.91. The summed E-state index contributed by atoms with van der Waals surface area (Å²) in [4.78, 5) is 0. The highest BCUT2D eigenvalue weighted by molar-refractivity contribution is 5.39. The summed E-state index contributed by atoms with van der Waals surface area (Å²) in [5, 5.41) is 30.7. The van der Waals surface area contributed by atoms with Crippen LogP contribution in [0.4, 0.5) is 0 Å². The largest absolute Gasteiger partial charge is 0.392 e. The van der Waals surface area contributed by atoms with Crippen LogP contribution in [-0.2, 0) is 0 Å². The van der Waals surface area contributed by atoms with Crippen molar-refractivity contribution >= 4 is 0 Å². The van der Waals surface area contributed by atoms with Gasteiger partial charge in [-0.25, -0.2) is 0 Å². The van der Waals surface area contributed by atoms with Gasteiger partial charge in [0.15, 0.2) is 0 Å². The molecule has 0 aromatic carbocycles. The van der Waals surface area contributed by atoms with Crippen molar-refractivity contribution in [3.8, 4) is 0 Å². The molecule has 0 bridgehead atoms. The highest BCUT2D eigenvalue weighted by atomic mass is 16.3. The van der Waals surface area contributed by atoms with E-state index in [1.807, 2.05) is 20.8 Å². The van der Waals surface area contributed by atoms with Crippen LogP contribution in [0.1, 0.15) is 92.4 Å². The van der Waals surface area contributed by atoms with Crippen molar-refractivity contribution < 1.29 is 15.3 Å². The number of allylic oxidation sites excluding steroid dienone is 3. The Morgan fingerprint density at radius 1 is 1.23 bits per heavy atom. The lowest BCUT2D eigenvalue weighted by Crippen LogP contribution is -2.36. The normalized spacial score (nSPS) is 40.4. The predicted molar refractivity (Wildman–Crippen MR) is 129 cm³/mol. The zero-order chi connectivity index (χ0) is 23.0. The molecule has 3 nitrogen and oxygen atoms in total. The van der Waals surface area contributed by atoms with Gasteiger partial charge in [0, 0.05) is 5.92 Å². The van der Waals surface area contributed by atoms with Crippen molar-refractivity contribution in [2.75, 3.05) is 0 Å². The Bertz CT molecular complexity index is 712. The lowest BCUT2D eigenvalue weighted by Gasteiger charge is -2.44. The molecule has 0 aromatic rings. The number of rotatable bonds is 6. The van der Waals surface area contributed by atoms with Gasteiger partial charge >= 0.3 is 0 Å². The van der Waals surface area contributed by atoms with Gasteiger partial charge in [-0.05, 0) is 93.1 Å². The second kappa shape index (κ2) is 9.53. The first-order valence-electron chi connectivity index (χ1n) is 12.6. The van der Waals surface area contributed by atoms with Gasteiger partial charge < -0.3 is 15.3 Å². The molecule has 0 aromatic heterocycles. The Labute approximate surface area is 190 Å². The molecule has 0 aliphatic heterocycles. The standard InChI is InChI=1S/C28H46O3/c1-18(9-7-15-27(4,5)31)23-13-14-24-21(10-8-16-28(23,24)6)11-12-22-17-25(29)20(3)26(30)19(22)2/h11-12,18,20,23-26,29-31H,2,7-10,13-17H2,1,3-6H3/b21-11?,22-12-/t18-,20-,23+,24?,25-,26+,28+/m0/s1. The van der Waals surface area contributed by atoms with Crippen molar-refractivity contribution in [3.05, 3.63) is 35.5 Å². The van der Waals surface area contributed by atoms with Gasteiger partial charge in [0.1, 0.15) is 0 Å². The van der Waals surface area contributed by atoms with Crippen LogP contribution in [0.25, 0.3) is 0 Å². The SMILES string of the molecule is C=C1/C(=C\C=C2CCC[C@@]3(C)C2CC[C@@H]3[C@@H](C)CCCC(C)(C)O)C[C@H](O)[C@H](C)[C@@H]1O. The summed E-state index contributed by atoms with van der Waals surface area (Å²) in [6, 6.07) is 0. The smallest absolute Gasteiger partial charge is 0.0837 e. The second-order valence-electron chi connectivity index (χ2n) is 11.8. The summed E-state index contributed by atoms with van der Waals surface area (Å²) in [6.45, 7) is 14.8.